The van der Waals surface area contributed by atoms with Crippen molar-refractivity contribution >= 4 is 5.69 Å². The van der Waals surface area contributed by atoms with E-state index >= 15 is 0 Å². The number of nitrogens with zero attached hydrogens (tertiary/aromatic N) is 4. The van der Waals surface area contributed by atoms with Gasteiger partial charge in [0.1, 0.15) is 6.33 Å². The molecule has 1 fully saturated rings. The first-order valence-corrected chi connectivity index (χ1v) is 6.79. The minimum atomic E-state index is 0.761. The summed E-state index contributed by atoms with van der Waals surface area (Å²) < 4.78 is 1.92. The van der Waals surface area contributed by atoms with Crippen LogP contribution in [0.3, 0.4) is 0 Å². The number of nitrogens with two attached hydrogens (primary N) is 1. The third-order valence-electron chi connectivity index (χ3n) is 3.55. The summed E-state index contributed by atoms with van der Waals surface area (Å²) in [4.78, 5) is 6.83. The van der Waals surface area contributed by atoms with Gasteiger partial charge in [-0.3, -0.25) is 4.68 Å². The van der Waals surface area contributed by atoms with E-state index in [4.69, 9.17) is 5.73 Å². The zero-order chi connectivity index (χ0) is 13.1. The summed E-state index contributed by atoms with van der Waals surface area (Å²) in [6, 6.07) is 7.66. The number of hydrogen-bond acceptors (Lipinski definition) is 4. The monoisotopic (exact) mass is 257 g/mol. The molecule has 0 unspecified atom stereocenters. The maximum atomic E-state index is 5.68. The summed E-state index contributed by atoms with van der Waals surface area (Å²) in [5.41, 5.74) is 7.45. The van der Waals surface area contributed by atoms with Gasteiger partial charge in [-0.2, -0.15) is 5.10 Å². The third kappa shape index (κ3) is 2.93. The molecule has 0 atom stereocenters. The molecule has 0 aliphatic carbocycles. The number of hydrogen-bond donors (Lipinski definition) is 1. The van der Waals surface area contributed by atoms with Crippen LogP contribution in [-0.4, -0.2) is 39.3 Å². The molecule has 3 rings (SSSR count). The van der Waals surface area contributed by atoms with Crippen LogP contribution < -0.4 is 5.73 Å². The first-order chi connectivity index (χ1) is 9.31. The predicted octanol–water partition coefficient (Wildman–Crippen LogP) is 1.62. The Labute approximate surface area is 113 Å². The molecule has 5 heteroatoms. The van der Waals surface area contributed by atoms with Crippen LogP contribution in [0.5, 0.6) is 0 Å². The third-order valence-corrected chi connectivity index (χ3v) is 3.55. The van der Waals surface area contributed by atoms with Gasteiger partial charge in [-0.1, -0.05) is 0 Å². The predicted molar refractivity (Wildman–Crippen MR) is 75.5 cm³/mol. The molecule has 0 saturated carbocycles. The molecule has 2 aromatic rings. The van der Waals surface area contributed by atoms with Gasteiger partial charge in [0.05, 0.1) is 6.54 Å². The molecule has 0 spiro atoms. The van der Waals surface area contributed by atoms with E-state index in [1.165, 1.54) is 25.9 Å². The Bertz CT molecular complexity index is 525. The van der Waals surface area contributed by atoms with Crippen LogP contribution in [0, 0.1) is 0 Å². The molecule has 1 aliphatic rings. The van der Waals surface area contributed by atoms with Crippen LogP contribution in [0.25, 0.3) is 11.4 Å². The number of rotatable bonds is 4. The zero-order valence-corrected chi connectivity index (χ0v) is 11.0. The van der Waals surface area contributed by atoms with E-state index in [0.717, 1.165) is 30.2 Å². The Morgan fingerprint density at radius 2 is 1.79 bits per heavy atom. The van der Waals surface area contributed by atoms with E-state index in [1.807, 2.05) is 35.3 Å². The lowest BCUT2D eigenvalue weighted by Gasteiger charge is -2.13. The van der Waals surface area contributed by atoms with Gasteiger partial charge in [0, 0.05) is 17.8 Å². The maximum absolute atomic E-state index is 5.68. The topological polar surface area (TPSA) is 60.0 Å². The minimum absolute atomic E-state index is 0.761. The largest absolute Gasteiger partial charge is 0.399 e. The molecule has 0 amide bonds. The minimum Gasteiger partial charge on any atom is -0.399 e. The number of anilines is 1. The van der Waals surface area contributed by atoms with E-state index in [2.05, 4.69) is 15.0 Å². The Balaban J connectivity index is 1.63. The zero-order valence-electron chi connectivity index (χ0n) is 11.0. The summed E-state index contributed by atoms with van der Waals surface area (Å²) >= 11 is 0. The second kappa shape index (κ2) is 5.40. The lowest BCUT2D eigenvalue weighted by molar-refractivity contribution is 0.315. The molecule has 2 heterocycles. The van der Waals surface area contributed by atoms with Crippen LogP contribution in [-0.2, 0) is 6.54 Å². The Kier molecular flexibility index (Phi) is 3.46. The highest BCUT2D eigenvalue weighted by Crippen LogP contribution is 2.16. The molecular weight excluding hydrogens is 238 g/mol. The van der Waals surface area contributed by atoms with E-state index < -0.39 is 0 Å². The van der Waals surface area contributed by atoms with Gasteiger partial charge < -0.3 is 10.6 Å². The fourth-order valence-electron chi connectivity index (χ4n) is 2.42. The highest BCUT2D eigenvalue weighted by atomic mass is 15.3. The molecule has 2 N–H and O–H groups in total. The van der Waals surface area contributed by atoms with Gasteiger partial charge in [0.25, 0.3) is 0 Å². The second-order valence-corrected chi connectivity index (χ2v) is 5.00. The lowest BCUT2D eigenvalue weighted by atomic mass is 10.2. The van der Waals surface area contributed by atoms with Crippen molar-refractivity contribution in [1.82, 2.24) is 19.7 Å². The molecule has 19 heavy (non-hydrogen) atoms. The van der Waals surface area contributed by atoms with E-state index in [1.54, 1.807) is 0 Å². The number of likely N-dealkylation sites (tertiary alicyclic amines) is 1. The smallest absolute Gasteiger partial charge is 0.181 e. The number of benzene rings is 1. The van der Waals surface area contributed by atoms with Crippen LogP contribution >= 0.6 is 0 Å². The molecule has 1 aromatic carbocycles. The van der Waals surface area contributed by atoms with Crippen molar-refractivity contribution in [2.75, 3.05) is 25.4 Å². The van der Waals surface area contributed by atoms with Crippen molar-refractivity contribution in [2.45, 2.75) is 19.4 Å². The summed E-state index contributed by atoms with van der Waals surface area (Å²) in [6.45, 7) is 4.41. The number of aromatic nitrogens is 3. The lowest BCUT2D eigenvalue weighted by Crippen LogP contribution is -2.24. The van der Waals surface area contributed by atoms with Gasteiger partial charge >= 0.3 is 0 Å². The van der Waals surface area contributed by atoms with Crippen LogP contribution in [0.1, 0.15) is 12.8 Å². The molecule has 100 valence electrons. The Morgan fingerprint density at radius 1 is 1.05 bits per heavy atom. The average molecular weight is 257 g/mol. The van der Waals surface area contributed by atoms with Crippen molar-refractivity contribution in [2.24, 2.45) is 0 Å². The molecule has 1 saturated heterocycles. The highest BCUT2D eigenvalue weighted by Gasteiger charge is 2.11. The quantitative estimate of drug-likeness (QED) is 0.846. The molecule has 0 radical (unpaired) electrons. The molecule has 1 aliphatic heterocycles. The van der Waals surface area contributed by atoms with Gasteiger partial charge in [-0.15, -0.1) is 0 Å². The van der Waals surface area contributed by atoms with Gasteiger partial charge in [-0.05, 0) is 50.2 Å². The first kappa shape index (κ1) is 12.2. The summed E-state index contributed by atoms with van der Waals surface area (Å²) in [6.07, 6.45) is 4.46. The standard InChI is InChI=1S/C14H19N5/c15-13-5-3-12(4-6-13)14-16-11-19(17-14)10-9-18-7-1-2-8-18/h3-6,11H,1-2,7-10,15H2. The molecule has 1 aromatic heterocycles. The normalized spacial score (nSPS) is 16.0. The Hall–Kier alpha value is -1.88. The van der Waals surface area contributed by atoms with Crippen LogP contribution in [0.15, 0.2) is 30.6 Å². The summed E-state index contributed by atoms with van der Waals surface area (Å²) in [5.74, 6) is 0.765. The van der Waals surface area contributed by atoms with E-state index in [9.17, 15) is 0 Å². The van der Waals surface area contributed by atoms with E-state index in [-0.39, 0.29) is 0 Å². The van der Waals surface area contributed by atoms with Crippen molar-refractivity contribution in [3.63, 3.8) is 0 Å². The van der Waals surface area contributed by atoms with Crippen LogP contribution in [0.4, 0.5) is 5.69 Å². The fourth-order valence-corrected chi connectivity index (χ4v) is 2.42. The average Bonchev–Trinajstić information content (AvgIpc) is 3.09. The van der Waals surface area contributed by atoms with Crippen molar-refractivity contribution in [1.29, 1.82) is 0 Å². The number of nitrogen functional groups attached to an aromatic ring is 1. The maximum Gasteiger partial charge on any atom is 0.181 e. The fraction of sp³-hybridized carbons (Fsp3) is 0.429. The van der Waals surface area contributed by atoms with Gasteiger partial charge in [0.2, 0.25) is 0 Å². The highest BCUT2D eigenvalue weighted by molar-refractivity contribution is 5.57. The van der Waals surface area contributed by atoms with Gasteiger partial charge in [0.15, 0.2) is 5.82 Å². The second-order valence-electron chi connectivity index (χ2n) is 5.00. The summed E-state index contributed by atoms with van der Waals surface area (Å²) in [7, 11) is 0. The SMILES string of the molecule is Nc1ccc(-c2ncn(CCN3CCCC3)n2)cc1. The molecule has 0 bridgehead atoms. The van der Waals surface area contributed by atoms with Crippen molar-refractivity contribution in [3.05, 3.63) is 30.6 Å². The summed E-state index contributed by atoms with van der Waals surface area (Å²) in [5, 5.41) is 4.51. The molecular formula is C14H19N5. The van der Waals surface area contributed by atoms with Crippen LogP contribution in [0.2, 0.25) is 0 Å². The Morgan fingerprint density at radius 3 is 2.53 bits per heavy atom. The van der Waals surface area contributed by atoms with E-state index in [0.29, 0.717) is 0 Å². The van der Waals surface area contributed by atoms with Gasteiger partial charge in [-0.25, -0.2) is 4.98 Å². The molecule has 5 nitrogen and oxygen atoms in total. The van der Waals surface area contributed by atoms with Crippen molar-refractivity contribution in [3.8, 4) is 11.4 Å². The first-order valence-electron chi connectivity index (χ1n) is 6.79. The van der Waals surface area contributed by atoms with Crippen molar-refractivity contribution < 1.29 is 0 Å².